The Morgan fingerprint density at radius 1 is 1.12 bits per heavy atom. The average molecular weight is 485 g/mol. The molecule has 1 saturated heterocycles. The van der Waals surface area contributed by atoms with Gasteiger partial charge < -0.3 is 4.90 Å². The first-order chi connectivity index (χ1) is 16.0. The van der Waals surface area contributed by atoms with Crippen molar-refractivity contribution in [2.75, 3.05) is 16.6 Å². The number of halogens is 1. The molecule has 33 heavy (non-hydrogen) atoms. The van der Waals surface area contributed by atoms with Crippen LogP contribution in [0.1, 0.15) is 50.6 Å². The smallest absolute Gasteiger partial charge is 0.226 e. The molecule has 1 amide bonds. The summed E-state index contributed by atoms with van der Waals surface area (Å²) >= 11 is 6.16. The number of nitrogens with zero attached hydrogens (tertiary/aromatic N) is 2. The van der Waals surface area contributed by atoms with E-state index in [0.717, 1.165) is 36.9 Å². The van der Waals surface area contributed by atoms with Crippen molar-refractivity contribution in [2.24, 2.45) is 11.8 Å². The largest absolute Gasteiger partial charge is 0.330 e. The first-order valence-electron chi connectivity index (χ1n) is 11.9. The van der Waals surface area contributed by atoms with Crippen LogP contribution in [0.5, 0.6) is 0 Å². The van der Waals surface area contributed by atoms with Gasteiger partial charge in [0.1, 0.15) is 11.0 Å². The Kier molecular flexibility index (Phi) is 7.92. The number of piperidine rings is 1. The lowest BCUT2D eigenvalue weighted by Gasteiger charge is -2.45. The van der Waals surface area contributed by atoms with E-state index in [-0.39, 0.29) is 23.9 Å². The van der Waals surface area contributed by atoms with Gasteiger partial charge in [-0.05, 0) is 67.9 Å². The monoisotopic (exact) mass is 484 g/mol. The highest BCUT2D eigenvalue weighted by Crippen LogP contribution is 2.44. The van der Waals surface area contributed by atoms with Gasteiger partial charge in [0.25, 0.3) is 0 Å². The summed E-state index contributed by atoms with van der Waals surface area (Å²) in [5.41, 5.74) is 2.07. The molecule has 2 aliphatic rings. The Morgan fingerprint density at radius 2 is 1.82 bits per heavy atom. The number of para-hydroxylation sites is 1. The molecule has 0 spiro atoms. The first-order valence-corrected chi connectivity index (χ1v) is 13.6. The maximum absolute atomic E-state index is 13.9. The lowest BCUT2D eigenvalue weighted by molar-refractivity contribution is -0.145. The van der Waals surface area contributed by atoms with E-state index >= 15 is 0 Å². The normalized spacial score (nSPS) is 22.6. The molecule has 1 saturated carbocycles. The van der Waals surface area contributed by atoms with Gasteiger partial charge in [0.2, 0.25) is 5.91 Å². The number of allylic oxidation sites excluding steroid dienone is 1. The molecule has 4 atom stereocenters. The summed E-state index contributed by atoms with van der Waals surface area (Å²) in [6, 6.07) is 17.9. The topological polar surface area (TPSA) is 40.6 Å². The summed E-state index contributed by atoms with van der Waals surface area (Å²) in [4.78, 5) is 16.0. The molecule has 0 aromatic heterocycles. The molecule has 0 radical (unpaired) electrons. The van der Waals surface area contributed by atoms with Crippen LogP contribution in [0.2, 0.25) is 5.02 Å². The number of amides is 1. The number of hydrogen-bond donors (Lipinski definition) is 0. The van der Waals surface area contributed by atoms with E-state index in [0.29, 0.717) is 29.7 Å². The molecule has 6 heteroatoms. The predicted molar refractivity (Wildman–Crippen MR) is 138 cm³/mol. The molecule has 0 bridgehead atoms. The van der Waals surface area contributed by atoms with E-state index in [4.69, 9.17) is 11.6 Å². The van der Waals surface area contributed by atoms with Gasteiger partial charge in [0.15, 0.2) is 0 Å². The molecule has 2 aromatic carbocycles. The van der Waals surface area contributed by atoms with Gasteiger partial charge in [-0.1, -0.05) is 54.9 Å². The van der Waals surface area contributed by atoms with Gasteiger partial charge >= 0.3 is 0 Å². The van der Waals surface area contributed by atoms with Crippen molar-refractivity contribution in [3.8, 4) is 0 Å². The van der Waals surface area contributed by atoms with E-state index in [9.17, 15) is 9.00 Å². The second-order valence-corrected chi connectivity index (χ2v) is 11.1. The van der Waals surface area contributed by atoms with Crippen LogP contribution in [0.3, 0.4) is 0 Å². The fourth-order valence-corrected chi connectivity index (χ4v) is 6.10. The Bertz CT molecular complexity index is 977. The van der Waals surface area contributed by atoms with Crippen LogP contribution in [0.25, 0.3) is 0 Å². The molecule has 4 rings (SSSR count). The summed E-state index contributed by atoms with van der Waals surface area (Å²) in [5, 5.41) is 0.698. The summed E-state index contributed by atoms with van der Waals surface area (Å²) in [7, 11) is -1.15. The van der Waals surface area contributed by atoms with Crippen LogP contribution < -0.4 is 4.31 Å². The van der Waals surface area contributed by atoms with Crippen molar-refractivity contribution in [1.82, 2.24) is 4.90 Å². The molecular weight excluding hydrogens is 452 g/mol. The van der Waals surface area contributed by atoms with E-state index in [2.05, 4.69) is 11.5 Å². The fourth-order valence-electron chi connectivity index (χ4n) is 4.98. The van der Waals surface area contributed by atoms with E-state index in [1.54, 1.807) is 0 Å². The number of benzene rings is 2. The molecule has 0 N–H and O–H groups in total. The fraction of sp³-hybridized carbons (Fsp3) is 0.444. The van der Waals surface area contributed by atoms with Crippen molar-refractivity contribution in [2.45, 2.75) is 51.1 Å². The zero-order valence-electron chi connectivity index (χ0n) is 19.2. The molecular formula is C27H33ClN2O2S. The predicted octanol–water partition coefficient (Wildman–Crippen LogP) is 6.16. The minimum atomic E-state index is -1.15. The summed E-state index contributed by atoms with van der Waals surface area (Å²) in [6.45, 7) is 6.40. The van der Waals surface area contributed by atoms with Gasteiger partial charge in [-0.3, -0.25) is 9.10 Å². The Labute approximate surface area is 205 Å². The highest BCUT2D eigenvalue weighted by Gasteiger charge is 2.45. The minimum absolute atomic E-state index is 0.00844. The Hall–Kier alpha value is -2.11. The van der Waals surface area contributed by atoms with E-state index < -0.39 is 11.0 Å². The molecule has 4 nitrogen and oxygen atoms in total. The number of anilines is 1. The second-order valence-electron chi connectivity index (χ2n) is 9.02. The van der Waals surface area contributed by atoms with E-state index in [1.807, 2.05) is 71.9 Å². The third-order valence-corrected chi connectivity index (χ3v) is 8.44. The molecule has 1 aliphatic heterocycles. The van der Waals surface area contributed by atoms with Crippen LogP contribution in [-0.4, -0.2) is 33.4 Å². The number of carbonyl (C=O) groups is 1. The SMILES string of the molecule is C=CC[C@H]1CC[C@@H](c2ccc(Cl)cc2)N(C(CN(c2ccccc2)S(=O)CC)C2CC2)C1=O. The van der Waals surface area contributed by atoms with Crippen LogP contribution in [0.4, 0.5) is 5.69 Å². The summed E-state index contributed by atoms with van der Waals surface area (Å²) in [5.74, 6) is 1.15. The van der Waals surface area contributed by atoms with Crippen molar-refractivity contribution in [1.29, 1.82) is 0 Å². The van der Waals surface area contributed by atoms with Gasteiger partial charge in [0.05, 0.1) is 18.6 Å². The number of carbonyl (C=O) groups excluding carboxylic acids is 1. The average Bonchev–Trinajstić information content (AvgIpc) is 3.68. The summed E-state index contributed by atoms with van der Waals surface area (Å²) < 4.78 is 15.1. The molecule has 2 fully saturated rings. The Balaban J connectivity index is 1.70. The molecule has 176 valence electrons. The lowest BCUT2D eigenvalue weighted by atomic mass is 9.84. The molecule has 1 aliphatic carbocycles. The standard InChI is InChI=1S/C27H33ClN2O2S/c1-3-8-22-15-18-25(20-13-16-23(28)17-14-20)30(27(22)31)26(21-11-12-21)19-29(33(32)4-2)24-9-6-5-7-10-24/h3,5-7,9-10,13-14,16-17,21-22,25-26H,1,4,8,11-12,15,18-19H2,2H3/t22-,25-,26?,33?/m0/s1. The zero-order valence-corrected chi connectivity index (χ0v) is 20.8. The van der Waals surface area contributed by atoms with Gasteiger partial charge in [-0.15, -0.1) is 6.58 Å². The quantitative estimate of drug-likeness (QED) is 0.378. The number of rotatable bonds is 10. The maximum atomic E-state index is 13.9. The molecule has 2 unspecified atom stereocenters. The third kappa shape index (κ3) is 5.52. The summed E-state index contributed by atoms with van der Waals surface area (Å²) in [6.07, 6.45) is 6.54. The van der Waals surface area contributed by atoms with Gasteiger partial charge in [-0.2, -0.15) is 0 Å². The van der Waals surface area contributed by atoms with Crippen molar-refractivity contribution >= 4 is 34.2 Å². The number of likely N-dealkylation sites (tertiary alicyclic amines) is 1. The van der Waals surface area contributed by atoms with Gasteiger partial charge in [-0.25, -0.2) is 4.21 Å². The highest BCUT2D eigenvalue weighted by molar-refractivity contribution is 7.86. The van der Waals surface area contributed by atoms with Crippen LogP contribution in [0.15, 0.2) is 67.3 Å². The van der Waals surface area contributed by atoms with Crippen LogP contribution >= 0.6 is 11.6 Å². The van der Waals surface area contributed by atoms with E-state index in [1.165, 1.54) is 0 Å². The first kappa shape index (κ1) is 24.0. The lowest BCUT2D eigenvalue weighted by Crippen LogP contribution is -2.54. The van der Waals surface area contributed by atoms with Crippen molar-refractivity contribution in [3.05, 3.63) is 77.8 Å². The van der Waals surface area contributed by atoms with Crippen LogP contribution in [0, 0.1) is 11.8 Å². The Morgan fingerprint density at radius 3 is 2.42 bits per heavy atom. The number of hydrogen-bond acceptors (Lipinski definition) is 2. The maximum Gasteiger partial charge on any atom is 0.226 e. The molecule has 1 heterocycles. The highest BCUT2D eigenvalue weighted by atomic mass is 35.5. The van der Waals surface area contributed by atoms with Crippen molar-refractivity contribution < 1.29 is 9.00 Å². The minimum Gasteiger partial charge on any atom is -0.330 e. The van der Waals surface area contributed by atoms with Gasteiger partial charge in [0, 0.05) is 22.4 Å². The third-order valence-electron chi connectivity index (χ3n) is 6.85. The van der Waals surface area contributed by atoms with Crippen molar-refractivity contribution in [3.63, 3.8) is 0 Å². The van der Waals surface area contributed by atoms with Crippen LogP contribution in [-0.2, 0) is 15.8 Å². The molecule has 2 aromatic rings. The second kappa shape index (κ2) is 10.9. The zero-order chi connectivity index (χ0) is 23.4.